The summed E-state index contributed by atoms with van der Waals surface area (Å²) in [6, 6.07) is 0.736. The van der Waals surface area contributed by atoms with Crippen molar-refractivity contribution in [2.75, 3.05) is 19.7 Å². The summed E-state index contributed by atoms with van der Waals surface area (Å²) in [4.78, 5) is 2.72. The zero-order valence-electron chi connectivity index (χ0n) is 12.3. The lowest BCUT2D eigenvalue weighted by Crippen LogP contribution is -2.61. The highest BCUT2D eigenvalue weighted by Gasteiger charge is 2.47. The lowest BCUT2D eigenvalue weighted by molar-refractivity contribution is -0.0158. The highest BCUT2D eigenvalue weighted by molar-refractivity contribution is 5.03. The number of hydrogen-bond acceptors (Lipinski definition) is 3. The monoisotopic (exact) mass is 254 g/mol. The van der Waals surface area contributed by atoms with Crippen molar-refractivity contribution < 1.29 is 4.74 Å². The van der Waals surface area contributed by atoms with E-state index in [2.05, 4.69) is 25.7 Å². The Morgan fingerprint density at radius 2 is 2.00 bits per heavy atom. The SMILES string of the molecule is CC(C)CN(C1CCCC1)C1(CN)CCOC1C. The van der Waals surface area contributed by atoms with Gasteiger partial charge in [0.15, 0.2) is 0 Å². The van der Waals surface area contributed by atoms with Gasteiger partial charge in [-0.2, -0.15) is 0 Å². The summed E-state index contributed by atoms with van der Waals surface area (Å²) in [6.45, 7) is 9.61. The third-order valence-electron chi connectivity index (χ3n) is 4.91. The average Bonchev–Trinajstić information content (AvgIpc) is 2.95. The highest BCUT2D eigenvalue weighted by Crippen LogP contribution is 2.37. The third kappa shape index (κ3) is 2.59. The first-order valence-electron chi connectivity index (χ1n) is 7.68. The maximum Gasteiger partial charge on any atom is 0.0743 e. The van der Waals surface area contributed by atoms with E-state index in [1.54, 1.807) is 0 Å². The summed E-state index contributed by atoms with van der Waals surface area (Å²) in [6.07, 6.45) is 6.85. The number of ether oxygens (including phenoxy) is 1. The molecule has 0 bridgehead atoms. The van der Waals surface area contributed by atoms with Crippen LogP contribution in [-0.4, -0.2) is 42.3 Å². The predicted octanol–water partition coefficient (Wildman–Crippen LogP) is 2.39. The number of hydrogen-bond donors (Lipinski definition) is 1. The van der Waals surface area contributed by atoms with Gasteiger partial charge in [-0.1, -0.05) is 26.7 Å². The minimum absolute atomic E-state index is 0.0965. The molecule has 2 aliphatic rings. The molecule has 0 aromatic heterocycles. The summed E-state index contributed by atoms with van der Waals surface area (Å²) in [5.41, 5.74) is 6.28. The Bertz CT molecular complexity index is 263. The topological polar surface area (TPSA) is 38.5 Å². The van der Waals surface area contributed by atoms with Gasteiger partial charge in [0.05, 0.1) is 11.6 Å². The minimum atomic E-state index is 0.0965. The fraction of sp³-hybridized carbons (Fsp3) is 1.00. The van der Waals surface area contributed by atoms with Crippen LogP contribution < -0.4 is 5.73 Å². The van der Waals surface area contributed by atoms with Crippen molar-refractivity contribution in [2.45, 2.75) is 70.6 Å². The van der Waals surface area contributed by atoms with Crippen molar-refractivity contribution >= 4 is 0 Å². The van der Waals surface area contributed by atoms with Crippen LogP contribution in [0.3, 0.4) is 0 Å². The van der Waals surface area contributed by atoms with Crippen LogP contribution in [0.25, 0.3) is 0 Å². The normalized spacial score (nSPS) is 34.0. The van der Waals surface area contributed by atoms with Crippen molar-refractivity contribution in [2.24, 2.45) is 11.7 Å². The Labute approximate surface area is 112 Å². The molecular formula is C15H30N2O. The molecule has 1 saturated carbocycles. The lowest BCUT2D eigenvalue weighted by atomic mass is 9.87. The van der Waals surface area contributed by atoms with E-state index < -0.39 is 0 Å². The van der Waals surface area contributed by atoms with Crippen molar-refractivity contribution in [1.82, 2.24) is 4.90 Å². The molecule has 0 aromatic rings. The van der Waals surface area contributed by atoms with Crippen molar-refractivity contribution in [1.29, 1.82) is 0 Å². The van der Waals surface area contributed by atoms with Gasteiger partial charge in [0, 0.05) is 25.7 Å². The van der Waals surface area contributed by atoms with Crippen molar-refractivity contribution in [3.05, 3.63) is 0 Å². The van der Waals surface area contributed by atoms with Crippen molar-refractivity contribution in [3.8, 4) is 0 Å². The first-order valence-corrected chi connectivity index (χ1v) is 7.68. The smallest absolute Gasteiger partial charge is 0.0743 e. The van der Waals surface area contributed by atoms with Gasteiger partial charge < -0.3 is 10.5 Å². The Kier molecular flexibility index (Phi) is 4.68. The molecule has 3 nitrogen and oxygen atoms in total. The molecule has 2 rings (SSSR count). The Hall–Kier alpha value is -0.120. The molecule has 2 fully saturated rings. The Morgan fingerprint density at radius 1 is 1.33 bits per heavy atom. The minimum Gasteiger partial charge on any atom is -0.376 e. The quantitative estimate of drug-likeness (QED) is 0.819. The first-order chi connectivity index (χ1) is 8.60. The number of nitrogens with two attached hydrogens (primary N) is 1. The highest BCUT2D eigenvalue weighted by atomic mass is 16.5. The zero-order valence-corrected chi connectivity index (χ0v) is 12.3. The molecule has 0 radical (unpaired) electrons. The van der Waals surface area contributed by atoms with Gasteiger partial charge in [0.25, 0.3) is 0 Å². The maximum absolute atomic E-state index is 6.18. The molecule has 0 amide bonds. The molecule has 2 unspecified atom stereocenters. The van der Waals surface area contributed by atoms with E-state index in [0.29, 0.717) is 5.92 Å². The van der Waals surface area contributed by atoms with Crippen LogP contribution in [-0.2, 0) is 4.74 Å². The first kappa shape index (κ1) is 14.3. The standard InChI is InChI=1S/C15H30N2O/c1-12(2)10-17(14-6-4-5-7-14)15(11-16)8-9-18-13(15)3/h12-14H,4-11,16H2,1-3H3. The second-order valence-corrected chi connectivity index (χ2v) is 6.56. The molecule has 0 spiro atoms. The van der Waals surface area contributed by atoms with E-state index >= 15 is 0 Å². The van der Waals surface area contributed by atoms with Gasteiger partial charge in [0.1, 0.15) is 0 Å². The third-order valence-corrected chi connectivity index (χ3v) is 4.91. The van der Waals surface area contributed by atoms with E-state index in [0.717, 1.165) is 32.2 Å². The van der Waals surface area contributed by atoms with Gasteiger partial charge in [-0.05, 0) is 32.1 Å². The summed E-state index contributed by atoms with van der Waals surface area (Å²) in [7, 11) is 0. The molecule has 1 aliphatic carbocycles. The molecule has 2 atom stereocenters. The van der Waals surface area contributed by atoms with Crippen LogP contribution in [0, 0.1) is 5.92 Å². The number of nitrogens with zero attached hydrogens (tertiary/aromatic N) is 1. The van der Waals surface area contributed by atoms with Gasteiger partial charge in [0.2, 0.25) is 0 Å². The summed E-state index contributed by atoms with van der Waals surface area (Å²) < 4.78 is 5.86. The Morgan fingerprint density at radius 3 is 2.44 bits per heavy atom. The van der Waals surface area contributed by atoms with Crippen LogP contribution in [0.1, 0.15) is 52.9 Å². The molecule has 106 valence electrons. The molecule has 1 aliphatic heterocycles. The van der Waals surface area contributed by atoms with Gasteiger partial charge >= 0.3 is 0 Å². The molecule has 3 heteroatoms. The molecule has 1 saturated heterocycles. The summed E-state index contributed by atoms with van der Waals surface area (Å²) in [5, 5.41) is 0. The predicted molar refractivity (Wildman–Crippen MR) is 75.6 cm³/mol. The molecular weight excluding hydrogens is 224 g/mol. The van der Waals surface area contributed by atoms with Crippen molar-refractivity contribution in [3.63, 3.8) is 0 Å². The second-order valence-electron chi connectivity index (χ2n) is 6.56. The van der Waals surface area contributed by atoms with E-state index in [1.807, 2.05) is 0 Å². The fourth-order valence-corrected chi connectivity index (χ4v) is 3.84. The van der Waals surface area contributed by atoms with Crippen LogP contribution in [0.4, 0.5) is 0 Å². The van der Waals surface area contributed by atoms with E-state index in [1.165, 1.54) is 25.7 Å². The van der Waals surface area contributed by atoms with Crippen LogP contribution in [0.5, 0.6) is 0 Å². The molecule has 1 heterocycles. The van der Waals surface area contributed by atoms with Gasteiger partial charge in [-0.15, -0.1) is 0 Å². The van der Waals surface area contributed by atoms with Crippen LogP contribution in [0.15, 0.2) is 0 Å². The summed E-state index contributed by atoms with van der Waals surface area (Å²) >= 11 is 0. The molecule has 2 N–H and O–H groups in total. The van der Waals surface area contributed by atoms with E-state index in [-0.39, 0.29) is 11.6 Å². The molecule has 0 aromatic carbocycles. The van der Waals surface area contributed by atoms with E-state index in [4.69, 9.17) is 10.5 Å². The average molecular weight is 254 g/mol. The summed E-state index contributed by atoms with van der Waals surface area (Å²) in [5.74, 6) is 0.696. The zero-order chi connectivity index (χ0) is 13.2. The second kappa shape index (κ2) is 5.89. The largest absolute Gasteiger partial charge is 0.376 e. The Balaban J connectivity index is 2.19. The van der Waals surface area contributed by atoms with Crippen LogP contribution >= 0.6 is 0 Å². The fourth-order valence-electron chi connectivity index (χ4n) is 3.84. The van der Waals surface area contributed by atoms with Crippen LogP contribution in [0.2, 0.25) is 0 Å². The van der Waals surface area contributed by atoms with Gasteiger partial charge in [-0.25, -0.2) is 0 Å². The number of rotatable bonds is 5. The lowest BCUT2D eigenvalue weighted by Gasteiger charge is -2.47. The van der Waals surface area contributed by atoms with Gasteiger partial charge in [-0.3, -0.25) is 4.90 Å². The molecule has 18 heavy (non-hydrogen) atoms. The van der Waals surface area contributed by atoms with E-state index in [9.17, 15) is 0 Å². The maximum atomic E-state index is 6.18.